The maximum absolute atomic E-state index is 12.6. The van der Waals surface area contributed by atoms with Gasteiger partial charge in [0.05, 0.1) is 18.3 Å². The van der Waals surface area contributed by atoms with Crippen LogP contribution in [0, 0.1) is 6.92 Å². The molecule has 0 unspecified atom stereocenters. The Morgan fingerprint density at radius 1 is 1.27 bits per heavy atom. The highest BCUT2D eigenvalue weighted by molar-refractivity contribution is 7.09. The van der Waals surface area contributed by atoms with Crippen LogP contribution in [-0.4, -0.2) is 22.4 Å². The van der Waals surface area contributed by atoms with E-state index in [2.05, 4.69) is 16.0 Å². The molecular formula is C20H19N3O2S. The highest BCUT2D eigenvalue weighted by Gasteiger charge is 2.24. The molecule has 26 heavy (non-hydrogen) atoms. The maximum Gasteiger partial charge on any atom is 0.233 e. The molecule has 0 saturated heterocycles. The van der Waals surface area contributed by atoms with E-state index in [0.717, 1.165) is 40.8 Å². The lowest BCUT2D eigenvalue weighted by molar-refractivity contribution is -0.117. The third kappa shape index (κ3) is 3.60. The molecule has 5 nitrogen and oxygen atoms in total. The molecule has 0 aliphatic carbocycles. The summed E-state index contributed by atoms with van der Waals surface area (Å²) >= 11 is 1.51. The molecule has 1 amide bonds. The van der Waals surface area contributed by atoms with Crippen LogP contribution in [-0.2, 0) is 24.2 Å². The van der Waals surface area contributed by atoms with Crippen LogP contribution in [0.3, 0.4) is 0 Å². The fourth-order valence-corrected chi connectivity index (χ4v) is 3.73. The number of fused-ring (bicyclic) bond motifs is 1. The summed E-state index contributed by atoms with van der Waals surface area (Å²) in [4.78, 5) is 23.3. The van der Waals surface area contributed by atoms with Crippen molar-refractivity contribution in [3.05, 3.63) is 69.9 Å². The Balaban J connectivity index is 1.36. The minimum atomic E-state index is 0.0930. The number of hydrogen-bond donors (Lipinski definition) is 0. The van der Waals surface area contributed by atoms with E-state index >= 15 is 0 Å². The normalized spacial score (nSPS) is 12.9. The van der Waals surface area contributed by atoms with Crippen LogP contribution in [0.1, 0.15) is 22.0 Å². The number of ether oxygens (including phenoxy) is 1. The monoisotopic (exact) mass is 365 g/mol. The molecule has 0 fully saturated rings. The van der Waals surface area contributed by atoms with Crippen molar-refractivity contribution in [1.29, 1.82) is 0 Å². The van der Waals surface area contributed by atoms with Gasteiger partial charge in [-0.1, -0.05) is 18.2 Å². The fourth-order valence-electron chi connectivity index (χ4n) is 3.03. The number of anilines is 1. The van der Waals surface area contributed by atoms with Crippen molar-refractivity contribution >= 4 is 22.9 Å². The van der Waals surface area contributed by atoms with Crippen LogP contribution in [0.4, 0.5) is 5.69 Å². The largest absolute Gasteiger partial charge is 0.485 e. The second kappa shape index (κ2) is 7.25. The van der Waals surface area contributed by atoms with Gasteiger partial charge in [0.15, 0.2) is 0 Å². The summed E-state index contributed by atoms with van der Waals surface area (Å²) in [7, 11) is 0. The number of hydrogen-bond acceptors (Lipinski definition) is 5. The summed E-state index contributed by atoms with van der Waals surface area (Å²) in [6, 6.07) is 11.9. The molecule has 0 N–H and O–H groups in total. The van der Waals surface area contributed by atoms with Gasteiger partial charge in [-0.3, -0.25) is 9.78 Å². The Morgan fingerprint density at radius 3 is 3.00 bits per heavy atom. The minimum Gasteiger partial charge on any atom is -0.485 e. The number of thiazole rings is 1. The molecule has 2 aromatic heterocycles. The van der Waals surface area contributed by atoms with E-state index in [9.17, 15) is 4.79 Å². The highest BCUT2D eigenvalue weighted by atomic mass is 32.1. The van der Waals surface area contributed by atoms with Crippen molar-refractivity contribution < 1.29 is 9.53 Å². The van der Waals surface area contributed by atoms with Crippen molar-refractivity contribution in [2.45, 2.75) is 26.4 Å². The van der Waals surface area contributed by atoms with Crippen molar-refractivity contribution in [1.82, 2.24) is 9.97 Å². The standard InChI is InChI=1S/C20H19N3O2S/c1-14-6-7-17(11-21-14)25-12-19-22-16(13-26-19)10-20(24)23-9-8-15-4-2-3-5-18(15)23/h2-7,11,13H,8-10,12H2,1H3. The average Bonchev–Trinajstić information content (AvgIpc) is 3.28. The third-order valence-corrected chi connectivity index (χ3v) is 5.24. The van der Waals surface area contributed by atoms with Gasteiger partial charge in [0.1, 0.15) is 17.4 Å². The zero-order valence-corrected chi connectivity index (χ0v) is 15.3. The summed E-state index contributed by atoms with van der Waals surface area (Å²) < 4.78 is 5.70. The second-order valence-electron chi connectivity index (χ2n) is 6.26. The molecule has 4 rings (SSSR count). The van der Waals surface area contributed by atoms with E-state index in [1.165, 1.54) is 16.9 Å². The fraction of sp³-hybridized carbons (Fsp3) is 0.250. The minimum absolute atomic E-state index is 0.0930. The number of nitrogens with zero attached hydrogens (tertiary/aromatic N) is 3. The van der Waals surface area contributed by atoms with E-state index in [4.69, 9.17) is 4.74 Å². The van der Waals surface area contributed by atoms with Crippen LogP contribution in [0.15, 0.2) is 48.0 Å². The van der Waals surface area contributed by atoms with Crippen LogP contribution >= 0.6 is 11.3 Å². The van der Waals surface area contributed by atoms with Crippen LogP contribution < -0.4 is 9.64 Å². The highest BCUT2D eigenvalue weighted by Crippen LogP contribution is 2.28. The van der Waals surface area contributed by atoms with Crippen molar-refractivity contribution in [2.24, 2.45) is 0 Å². The molecule has 0 radical (unpaired) electrons. The van der Waals surface area contributed by atoms with Crippen LogP contribution in [0.25, 0.3) is 0 Å². The lowest BCUT2D eigenvalue weighted by Crippen LogP contribution is -2.30. The Morgan fingerprint density at radius 2 is 2.15 bits per heavy atom. The first-order chi connectivity index (χ1) is 12.7. The summed E-state index contributed by atoms with van der Waals surface area (Å²) in [5.74, 6) is 0.813. The van der Waals surface area contributed by atoms with Gasteiger partial charge in [-0.2, -0.15) is 0 Å². The van der Waals surface area contributed by atoms with Gasteiger partial charge in [-0.15, -0.1) is 11.3 Å². The molecule has 6 heteroatoms. The first-order valence-electron chi connectivity index (χ1n) is 8.56. The molecular weight excluding hydrogens is 346 g/mol. The number of para-hydroxylation sites is 1. The molecule has 0 atom stereocenters. The number of benzene rings is 1. The van der Waals surface area contributed by atoms with E-state index in [1.54, 1.807) is 6.20 Å². The van der Waals surface area contributed by atoms with E-state index < -0.39 is 0 Å². The second-order valence-corrected chi connectivity index (χ2v) is 7.20. The quantitative estimate of drug-likeness (QED) is 0.694. The maximum atomic E-state index is 12.6. The SMILES string of the molecule is Cc1ccc(OCc2nc(CC(=O)N3CCc4ccccc43)cs2)cn1. The van der Waals surface area contributed by atoms with Crippen LogP contribution in [0.2, 0.25) is 0 Å². The first kappa shape index (κ1) is 16.7. The van der Waals surface area contributed by atoms with Gasteiger partial charge in [0.2, 0.25) is 5.91 Å². The van der Waals surface area contributed by atoms with E-state index in [1.807, 2.05) is 47.5 Å². The van der Waals surface area contributed by atoms with Crippen molar-refractivity contribution in [2.75, 3.05) is 11.4 Å². The first-order valence-corrected chi connectivity index (χ1v) is 9.44. The van der Waals surface area contributed by atoms with Crippen molar-refractivity contribution in [3.63, 3.8) is 0 Å². The molecule has 0 saturated carbocycles. The molecule has 3 aromatic rings. The predicted octanol–water partition coefficient (Wildman–Crippen LogP) is 3.56. The summed E-state index contributed by atoms with van der Waals surface area (Å²) in [5, 5.41) is 2.79. The van der Waals surface area contributed by atoms with Gasteiger partial charge < -0.3 is 9.64 Å². The molecule has 132 valence electrons. The zero-order chi connectivity index (χ0) is 17.9. The third-order valence-electron chi connectivity index (χ3n) is 4.37. The van der Waals surface area contributed by atoms with Gasteiger partial charge in [0.25, 0.3) is 0 Å². The summed E-state index contributed by atoms with van der Waals surface area (Å²) in [5.41, 5.74) is 4.02. The van der Waals surface area contributed by atoms with Gasteiger partial charge >= 0.3 is 0 Å². The number of pyridine rings is 1. The predicted molar refractivity (Wildman–Crippen MR) is 102 cm³/mol. The molecule has 1 aliphatic heterocycles. The number of aromatic nitrogens is 2. The summed E-state index contributed by atoms with van der Waals surface area (Å²) in [6.45, 7) is 3.07. The zero-order valence-electron chi connectivity index (χ0n) is 14.5. The van der Waals surface area contributed by atoms with Gasteiger partial charge in [0, 0.05) is 23.3 Å². The molecule has 3 heterocycles. The number of rotatable bonds is 5. The Bertz CT molecular complexity index is 921. The number of carbonyl (C=O) groups is 1. The Kier molecular flexibility index (Phi) is 4.67. The smallest absolute Gasteiger partial charge is 0.233 e. The van der Waals surface area contributed by atoms with Crippen LogP contribution in [0.5, 0.6) is 5.75 Å². The lowest BCUT2D eigenvalue weighted by atomic mass is 10.2. The van der Waals surface area contributed by atoms with Gasteiger partial charge in [-0.05, 0) is 37.1 Å². The van der Waals surface area contributed by atoms with E-state index in [0.29, 0.717) is 13.0 Å². The number of aryl methyl sites for hydroxylation is 1. The van der Waals surface area contributed by atoms with E-state index in [-0.39, 0.29) is 5.91 Å². The number of carbonyl (C=O) groups excluding carboxylic acids is 1. The van der Waals surface area contributed by atoms with Crippen molar-refractivity contribution in [3.8, 4) is 5.75 Å². The molecule has 1 aromatic carbocycles. The Hall–Kier alpha value is -2.73. The topological polar surface area (TPSA) is 55.3 Å². The molecule has 0 bridgehead atoms. The lowest BCUT2D eigenvalue weighted by Gasteiger charge is -2.16. The Labute approximate surface area is 156 Å². The molecule has 1 aliphatic rings. The number of amides is 1. The average molecular weight is 365 g/mol. The van der Waals surface area contributed by atoms with Gasteiger partial charge in [-0.25, -0.2) is 4.98 Å². The molecule has 0 spiro atoms. The summed E-state index contributed by atoms with van der Waals surface area (Å²) in [6.07, 6.45) is 2.94.